The monoisotopic (exact) mass is 388 g/mol. The Morgan fingerprint density at radius 1 is 1.00 bits per heavy atom. The number of carbonyl (C=O) groups excluding carboxylic acids is 1. The molecule has 0 bridgehead atoms. The zero-order chi connectivity index (χ0) is 21.0. The second-order valence-electron chi connectivity index (χ2n) is 7.68. The van der Waals surface area contributed by atoms with Gasteiger partial charge in [0.25, 0.3) is 5.91 Å². The number of aryl methyl sites for hydroxylation is 1. The molecule has 3 aromatic rings. The molecule has 0 aliphatic rings. The van der Waals surface area contributed by atoms with Crippen molar-refractivity contribution in [3.05, 3.63) is 77.6 Å². The van der Waals surface area contributed by atoms with Crippen LogP contribution in [0.25, 0.3) is 0 Å². The minimum absolute atomic E-state index is 0.166. The predicted molar refractivity (Wildman–Crippen MR) is 122 cm³/mol. The number of pyridine rings is 1. The van der Waals surface area contributed by atoms with Crippen molar-refractivity contribution in [2.75, 3.05) is 29.6 Å². The maximum Gasteiger partial charge on any atom is 0.257 e. The van der Waals surface area contributed by atoms with Gasteiger partial charge in [-0.3, -0.25) is 9.78 Å². The third-order valence-electron chi connectivity index (χ3n) is 4.84. The Hall–Kier alpha value is -3.34. The highest BCUT2D eigenvalue weighted by atomic mass is 16.1. The molecule has 5 heteroatoms. The lowest BCUT2D eigenvalue weighted by molar-refractivity contribution is 0.102. The van der Waals surface area contributed by atoms with Crippen LogP contribution in [-0.2, 0) is 0 Å². The molecule has 3 rings (SSSR count). The van der Waals surface area contributed by atoms with Crippen LogP contribution < -0.4 is 15.5 Å². The molecule has 0 saturated heterocycles. The number of carbonyl (C=O) groups is 1. The molecule has 1 heterocycles. The van der Waals surface area contributed by atoms with Crippen LogP contribution in [0.5, 0.6) is 0 Å². The first-order valence-corrected chi connectivity index (χ1v) is 9.75. The van der Waals surface area contributed by atoms with Gasteiger partial charge in [-0.1, -0.05) is 32.0 Å². The number of rotatable bonds is 6. The van der Waals surface area contributed by atoms with Crippen molar-refractivity contribution >= 4 is 28.7 Å². The van der Waals surface area contributed by atoms with Gasteiger partial charge in [0.15, 0.2) is 0 Å². The van der Waals surface area contributed by atoms with Crippen molar-refractivity contribution in [1.82, 2.24) is 4.98 Å². The van der Waals surface area contributed by atoms with Crippen molar-refractivity contribution in [3.8, 4) is 0 Å². The molecule has 2 N–H and O–H groups in total. The first kappa shape index (κ1) is 20.4. The van der Waals surface area contributed by atoms with E-state index < -0.39 is 0 Å². The maximum atomic E-state index is 12.9. The Morgan fingerprint density at radius 2 is 1.72 bits per heavy atom. The van der Waals surface area contributed by atoms with Crippen molar-refractivity contribution in [2.45, 2.75) is 26.7 Å². The zero-order valence-corrected chi connectivity index (χ0v) is 17.7. The van der Waals surface area contributed by atoms with Crippen LogP contribution in [-0.4, -0.2) is 25.0 Å². The summed E-state index contributed by atoms with van der Waals surface area (Å²) in [5.74, 6) is 0.154. The van der Waals surface area contributed by atoms with Crippen LogP contribution in [0.4, 0.5) is 22.7 Å². The minimum Gasteiger partial charge on any atom is -0.378 e. The van der Waals surface area contributed by atoms with E-state index in [4.69, 9.17) is 0 Å². The molecule has 0 aliphatic carbocycles. The molecular weight excluding hydrogens is 360 g/mol. The van der Waals surface area contributed by atoms with Crippen LogP contribution >= 0.6 is 0 Å². The van der Waals surface area contributed by atoms with E-state index in [0.29, 0.717) is 11.5 Å². The van der Waals surface area contributed by atoms with E-state index >= 15 is 0 Å². The Labute approximate surface area is 172 Å². The van der Waals surface area contributed by atoms with Gasteiger partial charge in [0, 0.05) is 37.4 Å². The fraction of sp³-hybridized carbons (Fsp3) is 0.250. The third-order valence-corrected chi connectivity index (χ3v) is 4.84. The number of nitrogens with one attached hydrogen (secondary N) is 2. The molecule has 2 aromatic carbocycles. The van der Waals surface area contributed by atoms with Gasteiger partial charge in [-0.2, -0.15) is 0 Å². The normalized spacial score (nSPS) is 10.7. The quantitative estimate of drug-likeness (QED) is 0.579. The smallest absolute Gasteiger partial charge is 0.257 e. The first-order chi connectivity index (χ1) is 13.8. The number of para-hydroxylation sites is 1. The van der Waals surface area contributed by atoms with E-state index in [-0.39, 0.29) is 5.91 Å². The molecule has 0 atom stereocenters. The Kier molecular flexibility index (Phi) is 6.17. The number of amides is 1. The fourth-order valence-electron chi connectivity index (χ4n) is 3.17. The second-order valence-corrected chi connectivity index (χ2v) is 7.68. The topological polar surface area (TPSA) is 57.3 Å². The fourth-order valence-corrected chi connectivity index (χ4v) is 3.17. The summed E-state index contributed by atoms with van der Waals surface area (Å²) in [6.07, 6.45) is 3.30. The van der Waals surface area contributed by atoms with Crippen LogP contribution in [0, 0.1) is 6.92 Å². The van der Waals surface area contributed by atoms with E-state index in [9.17, 15) is 4.79 Å². The summed E-state index contributed by atoms with van der Waals surface area (Å²) in [6.45, 7) is 6.26. The number of anilines is 4. The highest BCUT2D eigenvalue weighted by Crippen LogP contribution is 2.28. The maximum absolute atomic E-state index is 12.9. The third kappa shape index (κ3) is 4.93. The minimum atomic E-state index is -0.166. The van der Waals surface area contributed by atoms with Gasteiger partial charge in [-0.15, -0.1) is 0 Å². The van der Waals surface area contributed by atoms with Gasteiger partial charge >= 0.3 is 0 Å². The van der Waals surface area contributed by atoms with Gasteiger partial charge in [0.2, 0.25) is 0 Å². The van der Waals surface area contributed by atoms with Crippen molar-refractivity contribution < 1.29 is 4.79 Å². The highest BCUT2D eigenvalue weighted by molar-refractivity contribution is 6.05. The molecule has 1 aromatic heterocycles. The molecule has 1 amide bonds. The summed E-state index contributed by atoms with van der Waals surface area (Å²) in [5, 5.41) is 6.38. The molecule has 0 radical (unpaired) electrons. The summed E-state index contributed by atoms with van der Waals surface area (Å²) in [7, 11) is 4.02. The lowest BCUT2D eigenvalue weighted by atomic mass is 9.98. The van der Waals surface area contributed by atoms with Crippen LogP contribution in [0.3, 0.4) is 0 Å². The lowest BCUT2D eigenvalue weighted by Gasteiger charge is -2.17. The lowest BCUT2D eigenvalue weighted by Crippen LogP contribution is -2.15. The average Bonchev–Trinajstić information content (AvgIpc) is 2.70. The Bertz CT molecular complexity index is 994. The van der Waals surface area contributed by atoms with Crippen molar-refractivity contribution in [2.24, 2.45) is 0 Å². The second kappa shape index (κ2) is 8.78. The molecule has 0 aliphatic heterocycles. The molecule has 0 unspecified atom stereocenters. The van der Waals surface area contributed by atoms with Crippen LogP contribution in [0.2, 0.25) is 0 Å². The van der Waals surface area contributed by atoms with E-state index in [1.807, 2.05) is 68.4 Å². The van der Waals surface area contributed by atoms with Gasteiger partial charge in [-0.05, 0) is 54.3 Å². The SMILES string of the molecule is Cc1cccc(C(C)C)c1NC(=O)c1cncc(Nc2ccc(N(C)C)cc2)c1. The zero-order valence-electron chi connectivity index (χ0n) is 17.7. The number of benzene rings is 2. The molecule has 5 nitrogen and oxygen atoms in total. The van der Waals surface area contributed by atoms with Gasteiger partial charge in [-0.25, -0.2) is 0 Å². The largest absolute Gasteiger partial charge is 0.378 e. The molecule has 0 saturated carbocycles. The summed E-state index contributed by atoms with van der Waals surface area (Å²) in [6, 6.07) is 16.0. The number of hydrogen-bond acceptors (Lipinski definition) is 4. The Balaban J connectivity index is 1.78. The summed E-state index contributed by atoms with van der Waals surface area (Å²) in [4.78, 5) is 19.2. The van der Waals surface area contributed by atoms with E-state index in [1.54, 1.807) is 12.4 Å². The van der Waals surface area contributed by atoms with Crippen molar-refractivity contribution in [1.29, 1.82) is 0 Å². The number of aromatic nitrogens is 1. The average molecular weight is 389 g/mol. The van der Waals surface area contributed by atoms with Crippen LogP contribution in [0.1, 0.15) is 41.3 Å². The Morgan fingerprint density at radius 3 is 2.38 bits per heavy atom. The van der Waals surface area contributed by atoms with Gasteiger partial charge in [0.1, 0.15) is 0 Å². The summed E-state index contributed by atoms with van der Waals surface area (Å²) < 4.78 is 0. The molecule has 29 heavy (non-hydrogen) atoms. The van der Waals surface area contributed by atoms with Gasteiger partial charge in [0.05, 0.1) is 17.4 Å². The first-order valence-electron chi connectivity index (χ1n) is 9.75. The highest BCUT2D eigenvalue weighted by Gasteiger charge is 2.14. The van der Waals surface area contributed by atoms with Crippen molar-refractivity contribution in [3.63, 3.8) is 0 Å². The molecule has 150 valence electrons. The molecular formula is C24H28N4O. The van der Waals surface area contributed by atoms with E-state index in [1.165, 1.54) is 0 Å². The number of hydrogen-bond donors (Lipinski definition) is 2. The molecule has 0 spiro atoms. The molecule has 0 fully saturated rings. The van der Waals surface area contributed by atoms with Gasteiger partial charge < -0.3 is 15.5 Å². The van der Waals surface area contributed by atoms with E-state index in [2.05, 4.69) is 35.5 Å². The number of nitrogens with zero attached hydrogens (tertiary/aromatic N) is 2. The predicted octanol–water partition coefficient (Wildman–Crippen LogP) is 5.58. The summed E-state index contributed by atoms with van der Waals surface area (Å²) >= 11 is 0. The van der Waals surface area contributed by atoms with E-state index in [0.717, 1.165) is 33.9 Å². The van der Waals surface area contributed by atoms with Crippen LogP contribution in [0.15, 0.2) is 60.9 Å². The standard InChI is InChI=1S/C24H28N4O/c1-16(2)22-8-6-7-17(3)23(22)27-24(29)18-13-20(15-25-14-18)26-19-9-11-21(12-10-19)28(4)5/h6-16,26H,1-5H3,(H,27,29). The summed E-state index contributed by atoms with van der Waals surface area (Å²) in [5.41, 5.74) is 6.40.